The van der Waals surface area contributed by atoms with Gasteiger partial charge < -0.3 is 15.1 Å². The fraction of sp³-hybridized carbons (Fsp3) is 0.429. The van der Waals surface area contributed by atoms with Crippen molar-refractivity contribution < 1.29 is 24.2 Å². The maximum atomic E-state index is 13.0. The van der Waals surface area contributed by atoms with Gasteiger partial charge in [0, 0.05) is 6.54 Å². The number of aliphatic hydroxyl groups excluding tert-OH is 1. The molecule has 1 unspecified atom stereocenters. The minimum atomic E-state index is -1.15. The van der Waals surface area contributed by atoms with Crippen LogP contribution in [-0.2, 0) is 9.59 Å². The summed E-state index contributed by atoms with van der Waals surface area (Å²) >= 11 is 0. The first-order valence-electron chi connectivity index (χ1n) is 6.37. The molecule has 0 saturated heterocycles. The Hall–Kier alpha value is -1.95. The molecule has 110 valence electrons. The highest BCUT2D eigenvalue weighted by Gasteiger charge is 2.20. The molecule has 0 spiro atoms. The number of aliphatic hydroxyl groups is 1. The molecule has 0 radical (unpaired) electrons. The number of carboxylic acids is 1. The third kappa shape index (κ3) is 4.97. The Kier molecular flexibility index (Phi) is 6.11. The highest BCUT2D eigenvalue weighted by atomic mass is 19.1. The molecule has 0 saturated carbocycles. The van der Waals surface area contributed by atoms with Crippen molar-refractivity contribution in [2.75, 3.05) is 13.1 Å². The van der Waals surface area contributed by atoms with Gasteiger partial charge in [-0.1, -0.05) is 19.1 Å². The monoisotopic (exact) mass is 283 g/mol. The molecule has 1 amide bonds. The number of carbonyl (C=O) groups excluding carboxylic acids is 1. The molecular weight excluding hydrogens is 265 g/mol. The van der Waals surface area contributed by atoms with Gasteiger partial charge in [-0.2, -0.15) is 0 Å². The number of benzene rings is 1. The minimum absolute atomic E-state index is 0.267. The van der Waals surface area contributed by atoms with Gasteiger partial charge in [0.1, 0.15) is 12.4 Å². The molecule has 2 N–H and O–H groups in total. The van der Waals surface area contributed by atoms with Gasteiger partial charge in [-0.15, -0.1) is 0 Å². The summed E-state index contributed by atoms with van der Waals surface area (Å²) in [6.07, 6.45) is -0.794. The molecule has 1 atom stereocenters. The first-order valence-corrected chi connectivity index (χ1v) is 6.37. The molecule has 6 heteroatoms. The molecule has 0 aromatic heterocycles. The number of nitrogens with zero attached hydrogens (tertiary/aromatic N) is 1. The largest absolute Gasteiger partial charge is 0.480 e. The van der Waals surface area contributed by atoms with Crippen LogP contribution in [0.5, 0.6) is 0 Å². The molecule has 0 aliphatic carbocycles. The van der Waals surface area contributed by atoms with Crippen LogP contribution >= 0.6 is 0 Å². The fourth-order valence-corrected chi connectivity index (χ4v) is 1.85. The van der Waals surface area contributed by atoms with E-state index in [1.54, 1.807) is 0 Å². The summed E-state index contributed by atoms with van der Waals surface area (Å²) in [5.41, 5.74) is 0.296. The van der Waals surface area contributed by atoms with Gasteiger partial charge in [0.15, 0.2) is 0 Å². The van der Waals surface area contributed by atoms with Crippen molar-refractivity contribution in [3.05, 3.63) is 35.6 Å². The smallest absolute Gasteiger partial charge is 0.323 e. The number of aliphatic carboxylic acids is 1. The Labute approximate surface area is 116 Å². The van der Waals surface area contributed by atoms with Gasteiger partial charge in [-0.05, 0) is 24.1 Å². The summed E-state index contributed by atoms with van der Waals surface area (Å²) in [7, 11) is 0. The maximum Gasteiger partial charge on any atom is 0.323 e. The van der Waals surface area contributed by atoms with Crippen LogP contribution in [-0.4, -0.2) is 40.1 Å². The van der Waals surface area contributed by atoms with Crippen LogP contribution < -0.4 is 0 Å². The van der Waals surface area contributed by atoms with Crippen LogP contribution in [0.4, 0.5) is 4.39 Å². The lowest BCUT2D eigenvalue weighted by atomic mass is 10.1. The number of hydrogen-bond donors (Lipinski definition) is 2. The quantitative estimate of drug-likeness (QED) is 0.796. The van der Waals surface area contributed by atoms with E-state index in [1.165, 1.54) is 23.1 Å². The molecule has 0 bridgehead atoms. The molecule has 0 heterocycles. The van der Waals surface area contributed by atoms with E-state index in [9.17, 15) is 19.1 Å². The zero-order chi connectivity index (χ0) is 15.1. The van der Waals surface area contributed by atoms with E-state index in [2.05, 4.69) is 0 Å². The summed E-state index contributed by atoms with van der Waals surface area (Å²) in [4.78, 5) is 23.8. The Morgan fingerprint density at radius 2 is 2.10 bits per heavy atom. The molecule has 0 aliphatic heterocycles. The van der Waals surface area contributed by atoms with E-state index in [0.717, 1.165) is 6.07 Å². The summed E-state index contributed by atoms with van der Waals surface area (Å²) in [6.45, 7) is 1.73. The van der Waals surface area contributed by atoms with Crippen LogP contribution in [0.3, 0.4) is 0 Å². The molecule has 0 fully saturated rings. The lowest BCUT2D eigenvalue weighted by Crippen LogP contribution is -2.36. The van der Waals surface area contributed by atoms with E-state index in [1.807, 2.05) is 6.92 Å². The van der Waals surface area contributed by atoms with E-state index in [4.69, 9.17) is 5.11 Å². The predicted octanol–water partition coefficient (Wildman–Crippen LogP) is 1.57. The number of carbonyl (C=O) groups is 2. The van der Waals surface area contributed by atoms with Crippen molar-refractivity contribution in [1.82, 2.24) is 4.90 Å². The number of halogens is 1. The summed E-state index contributed by atoms with van der Waals surface area (Å²) < 4.78 is 13.0. The van der Waals surface area contributed by atoms with E-state index >= 15 is 0 Å². The first-order chi connectivity index (χ1) is 9.43. The van der Waals surface area contributed by atoms with E-state index in [-0.39, 0.29) is 6.42 Å². The average Bonchev–Trinajstić information content (AvgIpc) is 2.37. The van der Waals surface area contributed by atoms with Crippen LogP contribution in [0, 0.1) is 5.82 Å². The second-order valence-electron chi connectivity index (χ2n) is 4.48. The molecule has 1 aromatic rings. The lowest BCUT2D eigenvalue weighted by molar-refractivity contribution is -0.145. The zero-order valence-corrected chi connectivity index (χ0v) is 11.3. The van der Waals surface area contributed by atoms with Crippen LogP contribution in [0.25, 0.3) is 0 Å². The van der Waals surface area contributed by atoms with Crippen molar-refractivity contribution in [1.29, 1.82) is 0 Å². The van der Waals surface area contributed by atoms with E-state index in [0.29, 0.717) is 18.5 Å². The van der Waals surface area contributed by atoms with Gasteiger partial charge in [-0.25, -0.2) is 4.39 Å². The predicted molar refractivity (Wildman–Crippen MR) is 70.5 cm³/mol. The Morgan fingerprint density at radius 3 is 2.65 bits per heavy atom. The third-order valence-electron chi connectivity index (χ3n) is 2.77. The van der Waals surface area contributed by atoms with Gasteiger partial charge in [0.25, 0.3) is 0 Å². The molecular formula is C14H18FNO4. The van der Waals surface area contributed by atoms with Gasteiger partial charge in [-0.3, -0.25) is 9.59 Å². The molecule has 20 heavy (non-hydrogen) atoms. The highest BCUT2D eigenvalue weighted by molar-refractivity contribution is 5.81. The second-order valence-corrected chi connectivity index (χ2v) is 4.48. The van der Waals surface area contributed by atoms with Gasteiger partial charge in [0.05, 0.1) is 12.5 Å². The second kappa shape index (κ2) is 7.59. The SMILES string of the molecule is CCCN(CC(=O)O)C(=O)CC(O)c1cccc(F)c1. The number of hydrogen-bond acceptors (Lipinski definition) is 3. The number of carboxylic acid groups (broad SMARTS) is 1. The van der Waals surface area contributed by atoms with E-state index < -0.39 is 30.3 Å². The number of rotatable bonds is 7. The third-order valence-corrected chi connectivity index (χ3v) is 2.77. The van der Waals surface area contributed by atoms with Crippen LogP contribution in [0.1, 0.15) is 31.4 Å². The summed E-state index contributed by atoms with van der Waals surface area (Å²) in [6, 6.07) is 5.35. The lowest BCUT2D eigenvalue weighted by Gasteiger charge is -2.21. The molecule has 1 aromatic carbocycles. The van der Waals surface area contributed by atoms with Crippen molar-refractivity contribution in [2.45, 2.75) is 25.9 Å². The van der Waals surface area contributed by atoms with Gasteiger partial charge >= 0.3 is 5.97 Å². The first kappa shape index (κ1) is 16.1. The Bertz CT molecular complexity index is 478. The average molecular weight is 283 g/mol. The standard InChI is InChI=1S/C14H18FNO4/c1-2-6-16(9-14(19)20)13(18)8-12(17)10-4-3-5-11(15)7-10/h3-5,7,12,17H,2,6,8-9H2,1H3,(H,19,20). The van der Waals surface area contributed by atoms with Crippen LogP contribution in [0.2, 0.25) is 0 Å². The van der Waals surface area contributed by atoms with Crippen molar-refractivity contribution in [3.63, 3.8) is 0 Å². The summed E-state index contributed by atoms with van der Waals surface area (Å²) in [5.74, 6) is -2.07. The molecule has 1 rings (SSSR count). The van der Waals surface area contributed by atoms with Crippen molar-refractivity contribution >= 4 is 11.9 Å². The summed E-state index contributed by atoms with van der Waals surface area (Å²) in [5, 5.41) is 18.6. The highest BCUT2D eigenvalue weighted by Crippen LogP contribution is 2.18. The van der Waals surface area contributed by atoms with Crippen LogP contribution in [0.15, 0.2) is 24.3 Å². The van der Waals surface area contributed by atoms with Crippen molar-refractivity contribution in [2.24, 2.45) is 0 Å². The molecule has 5 nitrogen and oxygen atoms in total. The van der Waals surface area contributed by atoms with Crippen molar-refractivity contribution in [3.8, 4) is 0 Å². The Morgan fingerprint density at radius 1 is 1.40 bits per heavy atom. The Balaban J connectivity index is 2.69. The van der Waals surface area contributed by atoms with Gasteiger partial charge in [0.2, 0.25) is 5.91 Å². The minimum Gasteiger partial charge on any atom is -0.480 e. The zero-order valence-electron chi connectivity index (χ0n) is 11.3. The maximum absolute atomic E-state index is 13.0. The number of amides is 1. The fourth-order valence-electron chi connectivity index (χ4n) is 1.85. The normalized spacial score (nSPS) is 11.9. The molecule has 0 aliphatic rings. The topological polar surface area (TPSA) is 77.8 Å².